The maximum atomic E-state index is 12.1. The molecule has 4 aliphatic rings. The molecular formula is C25H34O3. The first-order chi connectivity index (χ1) is 13.2. The molecule has 3 nitrogen and oxygen atoms in total. The lowest BCUT2D eigenvalue weighted by molar-refractivity contribution is -0.154. The number of rotatable bonds is 2. The third-order valence-corrected chi connectivity index (χ3v) is 9.56. The summed E-state index contributed by atoms with van der Waals surface area (Å²) in [5, 5.41) is 11.1. The lowest BCUT2D eigenvalue weighted by Crippen LogP contribution is -2.54. The second-order valence-corrected chi connectivity index (χ2v) is 10.5. The van der Waals surface area contributed by atoms with E-state index in [1.165, 1.54) is 6.42 Å². The summed E-state index contributed by atoms with van der Waals surface area (Å²) in [5.41, 5.74) is -1.78. The SMILES string of the molecule is C#C[C@@]1(OC(=O)CC)C[C@@H]2CC[C@@H]3[C@H](CC[C@@]4(C)[C@H]3CC[C@@]4(O)C#C)[C@@]2(C)C1. The molecule has 0 aromatic carbocycles. The number of fused-ring (bicyclic) bond motifs is 5. The van der Waals surface area contributed by atoms with Crippen molar-refractivity contribution in [3.8, 4) is 24.7 Å². The van der Waals surface area contributed by atoms with Crippen LogP contribution in [0.1, 0.15) is 78.6 Å². The number of carbonyl (C=O) groups is 1. The Kier molecular flexibility index (Phi) is 4.45. The Labute approximate surface area is 170 Å². The summed E-state index contributed by atoms with van der Waals surface area (Å²) in [4.78, 5) is 12.1. The molecule has 0 unspecified atom stereocenters. The molecule has 152 valence electrons. The van der Waals surface area contributed by atoms with Crippen LogP contribution in [0.5, 0.6) is 0 Å². The first-order valence-electron chi connectivity index (χ1n) is 11.1. The normalized spacial score (nSPS) is 51.9. The van der Waals surface area contributed by atoms with Gasteiger partial charge >= 0.3 is 5.97 Å². The molecule has 0 aromatic heterocycles. The highest BCUT2D eigenvalue weighted by Crippen LogP contribution is 2.70. The van der Waals surface area contributed by atoms with Gasteiger partial charge in [-0.1, -0.05) is 32.6 Å². The van der Waals surface area contributed by atoms with Gasteiger partial charge in [0.2, 0.25) is 0 Å². The second kappa shape index (κ2) is 6.27. The van der Waals surface area contributed by atoms with Crippen LogP contribution in [0.15, 0.2) is 0 Å². The van der Waals surface area contributed by atoms with E-state index in [9.17, 15) is 9.90 Å². The van der Waals surface area contributed by atoms with Gasteiger partial charge in [-0.15, -0.1) is 12.8 Å². The molecule has 0 aliphatic heterocycles. The summed E-state index contributed by atoms with van der Waals surface area (Å²) < 4.78 is 5.85. The Morgan fingerprint density at radius 2 is 1.82 bits per heavy atom. The molecule has 0 amide bonds. The van der Waals surface area contributed by atoms with Crippen molar-refractivity contribution in [3.05, 3.63) is 0 Å². The highest BCUT2D eigenvalue weighted by molar-refractivity contribution is 5.70. The van der Waals surface area contributed by atoms with Gasteiger partial charge in [-0.05, 0) is 67.6 Å². The molecule has 4 saturated carbocycles. The predicted molar refractivity (Wildman–Crippen MR) is 109 cm³/mol. The van der Waals surface area contributed by atoms with Crippen LogP contribution < -0.4 is 0 Å². The van der Waals surface area contributed by atoms with E-state index in [2.05, 4.69) is 25.7 Å². The fraction of sp³-hybridized carbons (Fsp3) is 0.800. The number of hydrogen-bond donors (Lipinski definition) is 1. The summed E-state index contributed by atoms with van der Waals surface area (Å²) in [7, 11) is 0. The minimum absolute atomic E-state index is 0.0987. The Morgan fingerprint density at radius 3 is 2.46 bits per heavy atom. The Hall–Kier alpha value is -1.45. The average Bonchev–Trinajstić information content (AvgIpc) is 3.13. The molecule has 4 aliphatic carbocycles. The summed E-state index contributed by atoms with van der Waals surface area (Å²) in [6.07, 6.45) is 19.7. The molecule has 0 aromatic rings. The van der Waals surface area contributed by atoms with Crippen molar-refractivity contribution < 1.29 is 14.6 Å². The lowest BCUT2D eigenvalue weighted by atomic mass is 9.47. The molecule has 4 rings (SSSR count). The van der Waals surface area contributed by atoms with Gasteiger partial charge in [-0.3, -0.25) is 4.79 Å². The fourth-order valence-corrected chi connectivity index (χ4v) is 7.99. The summed E-state index contributed by atoms with van der Waals surface area (Å²) in [6.45, 7) is 6.43. The van der Waals surface area contributed by atoms with Gasteiger partial charge in [0.1, 0.15) is 5.60 Å². The molecule has 0 radical (unpaired) electrons. The van der Waals surface area contributed by atoms with E-state index in [0.29, 0.717) is 30.1 Å². The average molecular weight is 383 g/mol. The van der Waals surface area contributed by atoms with E-state index in [1.807, 2.05) is 6.92 Å². The maximum absolute atomic E-state index is 12.1. The smallest absolute Gasteiger partial charge is 0.307 e. The first kappa shape index (κ1) is 19.8. The molecule has 1 N–H and O–H groups in total. The van der Waals surface area contributed by atoms with Crippen LogP contribution in [0.4, 0.5) is 0 Å². The van der Waals surface area contributed by atoms with Gasteiger partial charge in [0.25, 0.3) is 0 Å². The number of carbonyl (C=O) groups excluding carboxylic acids is 1. The lowest BCUT2D eigenvalue weighted by Gasteiger charge is -2.58. The van der Waals surface area contributed by atoms with Crippen LogP contribution in [0, 0.1) is 59.2 Å². The van der Waals surface area contributed by atoms with E-state index in [0.717, 1.165) is 44.9 Å². The minimum atomic E-state index is -0.963. The van der Waals surface area contributed by atoms with Crippen molar-refractivity contribution >= 4 is 5.97 Å². The molecule has 28 heavy (non-hydrogen) atoms. The van der Waals surface area contributed by atoms with Crippen molar-refractivity contribution in [1.29, 1.82) is 0 Å². The van der Waals surface area contributed by atoms with Crippen molar-refractivity contribution in [2.24, 2.45) is 34.5 Å². The van der Waals surface area contributed by atoms with E-state index in [-0.39, 0.29) is 16.8 Å². The van der Waals surface area contributed by atoms with Crippen molar-refractivity contribution in [2.75, 3.05) is 0 Å². The zero-order chi connectivity index (χ0) is 20.4. The van der Waals surface area contributed by atoms with Crippen molar-refractivity contribution in [3.63, 3.8) is 0 Å². The number of terminal acetylenes is 2. The largest absolute Gasteiger partial charge is 0.446 e. The predicted octanol–water partition coefficient (Wildman–Crippen LogP) is 4.33. The van der Waals surface area contributed by atoms with Crippen LogP contribution >= 0.6 is 0 Å². The molecule has 0 spiro atoms. The maximum Gasteiger partial charge on any atom is 0.307 e. The highest BCUT2D eigenvalue weighted by Gasteiger charge is 2.67. The van der Waals surface area contributed by atoms with Gasteiger partial charge in [0.05, 0.1) is 0 Å². The summed E-state index contributed by atoms with van der Waals surface area (Å²) >= 11 is 0. The molecule has 3 heteroatoms. The minimum Gasteiger partial charge on any atom is -0.446 e. The molecule has 4 fully saturated rings. The van der Waals surface area contributed by atoms with Crippen LogP contribution in [0.2, 0.25) is 0 Å². The third kappa shape index (κ3) is 2.45. The monoisotopic (exact) mass is 382 g/mol. The summed E-state index contributed by atoms with van der Waals surface area (Å²) in [5.74, 6) is 7.58. The highest BCUT2D eigenvalue weighted by atomic mass is 16.6. The Bertz CT molecular complexity index is 759. The standard InChI is InChI=1S/C25H34O3/c1-6-21(26)28-24(7-2)15-17-9-10-18-19(22(17,4)16-24)11-13-23(5)20(18)12-14-25(23,27)8-3/h2-3,17-20,27H,6,9-16H2,1,4-5H3/t17-,18+,19-,20-,22-,23-,24+,25-/m0/s1. The first-order valence-corrected chi connectivity index (χ1v) is 11.1. The van der Waals surface area contributed by atoms with E-state index in [1.54, 1.807) is 0 Å². The van der Waals surface area contributed by atoms with E-state index in [4.69, 9.17) is 17.6 Å². The zero-order valence-electron chi connectivity index (χ0n) is 17.6. The van der Waals surface area contributed by atoms with Crippen LogP contribution in [0.25, 0.3) is 0 Å². The third-order valence-electron chi connectivity index (χ3n) is 9.56. The molecule has 0 heterocycles. The van der Waals surface area contributed by atoms with Crippen molar-refractivity contribution in [2.45, 2.75) is 89.8 Å². The zero-order valence-corrected chi connectivity index (χ0v) is 17.6. The molecule has 0 saturated heterocycles. The van der Waals surface area contributed by atoms with Gasteiger partial charge in [-0.2, -0.15) is 0 Å². The van der Waals surface area contributed by atoms with Gasteiger partial charge in [0.15, 0.2) is 5.60 Å². The van der Waals surface area contributed by atoms with E-state index >= 15 is 0 Å². The number of esters is 1. The molecule has 0 bridgehead atoms. The molecular weight excluding hydrogens is 348 g/mol. The quantitative estimate of drug-likeness (QED) is 0.571. The fourth-order valence-electron chi connectivity index (χ4n) is 7.99. The van der Waals surface area contributed by atoms with Crippen LogP contribution in [-0.4, -0.2) is 22.3 Å². The van der Waals surface area contributed by atoms with Crippen LogP contribution in [0.3, 0.4) is 0 Å². The van der Waals surface area contributed by atoms with Gasteiger partial charge in [0, 0.05) is 24.7 Å². The summed E-state index contributed by atoms with van der Waals surface area (Å²) in [6, 6.07) is 0. The number of hydrogen-bond acceptors (Lipinski definition) is 3. The van der Waals surface area contributed by atoms with Crippen molar-refractivity contribution in [1.82, 2.24) is 0 Å². The van der Waals surface area contributed by atoms with Gasteiger partial charge < -0.3 is 9.84 Å². The Balaban J connectivity index is 1.63. The van der Waals surface area contributed by atoms with E-state index < -0.39 is 11.2 Å². The van der Waals surface area contributed by atoms with Crippen LogP contribution in [-0.2, 0) is 9.53 Å². The van der Waals surface area contributed by atoms with Gasteiger partial charge in [-0.25, -0.2) is 0 Å². The molecule has 8 atom stereocenters. The Morgan fingerprint density at radius 1 is 1.11 bits per heavy atom. The number of aliphatic hydroxyl groups is 1. The topological polar surface area (TPSA) is 46.5 Å². The second-order valence-electron chi connectivity index (χ2n) is 10.5. The number of ether oxygens (including phenoxy) is 1.